The maximum atomic E-state index is 12.6. The first-order valence-corrected chi connectivity index (χ1v) is 14.1. The minimum atomic E-state index is -1.12. The van der Waals surface area contributed by atoms with E-state index in [0.29, 0.717) is 28.4 Å². The van der Waals surface area contributed by atoms with Gasteiger partial charge in [0.25, 0.3) is 5.91 Å². The molecular weight excluding hydrogens is 560 g/mol. The Labute approximate surface area is 254 Å². The lowest BCUT2D eigenvalue weighted by Crippen LogP contribution is -2.41. The van der Waals surface area contributed by atoms with E-state index in [1.807, 2.05) is 12.1 Å². The number of carbonyl (C=O) groups is 3. The molecule has 4 N–H and O–H groups in total. The van der Waals surface area contributed by atoms with E-state index < -0.39 is 11.9 Å². The molecule has 10 nitrogen and oxygen atoms in total. The first-order valence-electron chi connectivity index (χ1n) is 14.1. The van der Waals surface area contributed by atoms with Crippen LogP contribution < -0.4 is 25.4 Å². The number of nitrogens with one attached hydrogen (secondary N) is 3. The molecule has 0 atom stereocenters. The SMILES string of the molecule is [C-]#[N+]c1cccc(NC(=O)NC2CCC(Oc3ccc(Oc4ccc(C(=O)Nc5ccccc5C(=O)O)cc4)cc3)CC2)c1. The second-order valence-electron chi connectivity index (χ2n) is 10.3. The molecule has 0 heterocycles. The molecule has 10 heteroatoms. The van der Waals surface area contributed by atoms with Gasteiger partial charge in [-0.25, -0.2) is 14.4 Å². The van der Waals surface area contributed by atoms with Gasteiger partial charge in [0, 0.05) is 17.3 Å². The number of carboxylic acid groups (broad SMARTS) is 1. The van der Waals surface area contributed by atoms with Crippen molar-refractivity contribution >= 4 is 35.0 Å². The average Bonchev–Trinajstić information content (AvgIpc) is 3.03. The maximum Gasteiger partial charge on any atom is 0.337 e. The molecule has 1 saturated carbocycles. The molecule has 0 aromatic heterocycles. The third-order valence-electron chi connectivity index (χ3n) is 7.13. The van der Waals surface area contributed by atoms with Crippen LogP contribution in [-0.2, 0) is 0 Å². The monoisotopic (exact) mass is 590 g/mol. The topological polar surface area (TPSA) is 130 Å². The molecule has 0 bridgehead atoms. The predicted octanol–water partition coefficient (Wildman–Crippen LogP) is 7.49. The number of para-hydroxylation sites is 1. The number of hydrogen-bond donors (Lipinski definition) is 4. The van der Waals surface area contributed by atoms with Crippen molar-refractivity contribution in [2.75, 3.05) is 10.6 Å². The first-order chi connectivity index (χ1) is 21.4. The summed E-state index contributed by atoms with van der Waals surface area (Å²) >= 11 is 0. The van der Waals surface area contributed by atoms with Crippen molar-refractivity contribution in [2.24, 2.45) is 0 Å². The van der Waals surface area contributed by atoms with Crippen molar-refractivity contribution < 1.29 is 29.0 Å². The van der Waals surface area contributed by atoms with Crippen LogP contribution in [0.3, 0.4) is 0 Å². The van der Waals surface area contributed by atoms with Crippen LogP contribution in [0.1, 0.15) is 46.4 Å². The van der Waals surface area contributed by atoms with Gasteiger partial charge in [-0.15, -0.1) is 0 Å². The minimum Gasteiger partial charge on any atom is -0.490 e. The molecule has 0 saturated heterocycles. The fraction of sp³-hybridized carbons (Fsp3) is 0.176. The first kappa shape index (κ1) is 29.7. The molecule has 4 aromatic carbocycles. The van der Waals surface area contributed by atoms with E-state index in [1.54, 1.807) is 72.8 Å². The van der Waals surface area contributed by atoms with Gasteiger partial charge in [-0.2, -0.15) is 0 Å². The van der Waals surface area contributed by atoms with Gasteiger partial charge in [-0.3, -0.25) is 4.79 Å². The van der Waals surface area contributed by atoms with E-state index >= 15 is 0 Å². The number of aromatic carboxylic acids is 1. The Morgan fingerprint density at radius 1 is 0.773 bits per heavy atom. The van der Waals surface area contributed by atoms with Crippen molar-refractivity contribution in [3.8, 4) is 17.2 Å². The Kier molecular flexibility index (Phi) is 9.37. The van der Waals surface area contributed by atoms with Crippen molar-refractivity contribution in [3.63, 3.8) is 0 Å². The van der Waals surface area contributed by atoms with Crippen LogP contribution in [0.5, 0.6) is 17.2 Å². The van der Waals surface area contributed by atoms with Gasteiger partial charge < -0.3 is 30.5 Å². The van der Waals surface area contributed by atoms with Gasteiger partial charge in [0.05, 0.1) is 23.9 Å². The lowest BCUT2D eigenvalue weighted by Gasteiger charge is -2.29. The summed E-state index contributed by atoms with van der Waals surface area (Å²) in [4.78, 5) is 39.8. The molecule has 44 heavy (non-hydrogen) atoms. The van der Waals surface area contributed by atoms with Gasteiger partial charge in [-0.05, 0) is 98.5 Å². The molecule has 1 aliphatic rings. The Morgan fingerprint density at radius 2 is 1.43 bits per heavy atom. The zero-order valence-electron chi connectivity index (χ0n) is 23.7. The van der Waals surface area contributed by atoms with E-state index in [4.69, 9.17) is 16.0 Å². The second-order valence-corrected chi connectivity index (χ2v) is 10.3. The van der Waals surface area contributed by atoms with Crippen molar-refractivity contribution in [3.05, 3.63) is 120 Å². The molecule has 3 amide bonds. The van der Waals surface area contributed by atoms with Crippen LogP contribution in [0.4, 0.5) is 21.9 Å². The largest absolute Gasteiger partial charge is 0.490 e. The number of urea groups is 1. The van der Waals surface area contributed by atoms with Gasteiger partial charge in [0.2, 0.25) is 0 Å². The number of rotatable bonds is 9. The Hall–Kier alpha value is -5.82. The van der Waals surface area contributed by atoms with E-state index in [9.17, 15) is 19.5 Å². The third-order valence-corrected chi connectivity index (χ3v) is 7.13. The molecule has 1 aliphatic carbocycles. The minimum absolute atomic E-state index is 0.0134. The lowest BCUT2D eigenvalue weighted by molar-refractivity contribution is 0.0698. The zero-order valence-corrected chi connectivity index (χ0v) is 23.7. The average molecular weight is 591 g/mol. The summed E-state index contributed by atoms with van der Waals surface area (Å²) in [7, 11) is 0. The van der Waals surface area contributed by atoms with Crippen molar-refractivity contribution in [2.45, 2.75) is 37.8 Å². The Bertz CT molecular complexity index is 1670. The van der Waals surface area contributed by atoms with E-state index in [1.165, 1.54) is 12.1 Å². The summed E-state index contributed by atoms with van der Waals surface area (Å²) in [6, 6.07) is 26.6. The van der Waals surface area contributed by atoms with Crippen LogP contribution in [-0.4, -0.2) is 35.2 Å². The molecule has 0 radical (unpaired) electrons. The number of carbonyl (C=O) groups excluding carboxylic acids is 2. The van der Waals surface area contributed by atoms with E-state index in [-0.39, 0.29) is 29.4 Å². The second kappa shape index (κ2) is 13.9. The molecule has 0 aliphatic heterocycles. The zero-order chi connectivity index (χ0) is 30.9. The molecule has 4 aromatic rings. The van der Waals surface area contributed by atoms with Crippen LogP contribution >= 0.6 is 0 Å². The van der Waals surface area contributed by atoms with Crippen molar-refractivity contribution in [1.29, 1.82) is 0 Å². The van der Waals surface area contributed by atoms with Crippen molar-refractivity contribution in [1.82, 2.24) is 5.32 Å². The third kappa shape index (κ3) is 7.92. The highest BCUT2D eigenvalue weighted by molar-refractivity contribution is 6.07. The van der Waals surface area contributed by atoms with Gasteiger partial charge in [0.15, 0.2) is 5.69 Å². The van der Waals surface area contributed by atoms with Crippen LogP contribution in [0.2, 0.25) is 0 Å². The van der Waals surface area contributed by atoms with Crippen LogP contribution in [0.15, 0.2) is 97.1 Å². The highest BCUT2D eigenvalue weighted by Gasteiger charge is 2.24. The number of amides is 3. The van der Waals surface area contributed by atoms with E-state index in [0.717, 1.165) is 31.4 Å². The molecular formula is C34H30N4O6. The summed E-state index contributed by atoms with van der Waals surface area (Å²) in [5, 5.41) is 17.7. The highest BCUT2D eigenvalue weighted by atomic mass is 16.5. The Morgan fingerprint density at radius 3 is 2.11 bits per heavy atom. The summed E-state index contributed by atoms with van der Waals surface area (Å²) < 4.78 is 12.1. The molecule has 5 rings (SSSR count). The van der Waals surface area contributed by atoms with Gasteiger partial charge >= 0.3 is 12.0 Å². The van der Waals surface area contributed by atoms with Gasteiger partial charge in [-0.1, -0.05) is 24.3 Å². The maximum absolute atomic E-state index is 12.6. The summed E-state index contributed by atoms with van der Waals surface area (Å²) in [5.41, 5.74) is 1.65. The normalized spacial score (nSPS) is 15.7. The van der Waals surface area contributed by atoms with Gasteiger partial charge in [0.1, 0.15) is 17.2 Å². The predicted molar refractivity (Wildman–Crippen MR) is 166 cm³/mol. The summed E-state index contributed by atoms with van der Waals surface area (Å²) in [6.07, 6.45) is 3.23. The fourth-order valence-electron chi connectivity index (χ4n) is 4.89. The molecule has 0 unspecified atom stereocenters. The molecule has 222 valence electrons. The van der Waals surface area contributed by atoms with Crippen LogP contribution in [0.25, 0.3) is 4.85 Å². The smallest absolute Gasteiger partial charge is 0.337 e. The highest BCUT2D eigenvalue weighted by Crippen LogP contribution is 2.28. The number of ether oxygens (including phenoxy) is 2. The summed E-state index contributed by atoms with van der Waals surface area (Å²) in [6.45, 7) is 7.10. The number of nitrogens with zero attached hydrogens (tertiary/aromatic N) is 1. The quantitative estimate of drug-likeness (QED) is 0.149. The standard InChI is InChI=1S/C34H30N4O6/c1-35-24-5-4-6-25(21-24)37-34(42)36-23-11-15-27(16-12-23)44-29-19-17-28(18-20-29)43-26-13-9-22(10-14-26)32(39)38-31-8-3-2-7-30(31)33(40)41/h2-10,13-14,17-21,23,27H,11-12,15-16H2,(H,38,39)(H,40,41)(H2,36,37,42). The molecule has 0 spiro atoms. The fourth-order valence-corrected chi connectivity index (χ4v) is 4.89. The number of hydrogen-bond acceptors (Lipinski definition) is 5. The Balaban J connectivity index is 1.06. The number of anilines is 2. The van der Waals surface area contributed by atoms with E-state index in [2.05, 4.69) is 20.8 Å². The number of carboxylic acids is 1. The molecule has 1 fully saturated rings. The lowest BCUT2D eigenvalue weighted by atomic mass is 9.93. The number of benzene rings is 4. The summed E-state index contributed by atoms with van der Waals surface area (Å²) in [5.74, 6) is 0.314. The van der Waals surface area contributed by atoms with Crippen LogP contribution in [0, 0.1) is 6.57 Å².